The number of hydrogen-bond acceptors (Lipinski definition) is 7. The predicted octanol–water partition coefficient (Wildman–Crippen LogP) is 2.74. The van der Waals surface area contributed by atoms with Gasteiger partial charge >= 0.3 is 0 Å². The standard InChI is InChI=1S/C23H28N4O3S/c28-13-23(8-1-9-23)26-20-19-21(30-14-31(19)29)25-22(24-20)27-10-6-16(7-11-27)18-5-3-15-2-4-17(15)12-18/h3,5,12,16,28H,1-2,4,6-11,13-14H2,(H,24,25,26)/t31-/m1/s1. The highest BCUT2D eigenvalue weighted by Gasteiger charge is 2.39. The normalized spacial score (nSPS) is 23.9. The molecule has 164 valence electrons. The number of rotatable bonds is 5. The van der Waals surface area contributed by atoms with Crippen LogP contribution in [-0.4, -0.2) is 50.5 Å². The van der Waals surface area contributed by atoms with Crippen molar-refractivity contribution in [3.63, 3.8) is 0 Å². The van der Waals surface area contributed by atoms with E-state index in [-0.39, 0.29) is 18.1 Å². The Balaban J connectivity index is 1.23. The van der Waals surface area contributed by atoms with Gasteiger partial charge in [-0.3, -0.25) is 4.21 Å². The van der Waals surface area contributed by atoms with E-state index in [4.69, 9.17) is 9.72 Å². The van der Waals surface area contributed by atoms with Crippen LogP contribution in [0.4, 0.5) is 11.8 Å². The molecular formula is C23H28N4O3S. The molecule has 2 N–H and O–H groups in total. The zero-order chi connectivity index (χ0) is 21.0. The average Bonchev–Trinajstić information content (AvgIpc) is 3.13. The smallest absolute Gasteiger partial charge is 0.238 e. The molecule has 0 amide bonds. The zero-order valence-electron chi connectivity index (χ0n) is 17.6. The SMILES string of the molecule is O=[S@@]1COc2nc(N3CCC(c4ccc5c(c4)CC5)CC3)nc(NC3(CO)CCC3)c21. The van der Waals surface area contributed by atoms with E-state index in [9.17, 15) is 9.32 Å². The molecular weight excluding hydrogens is 412 g/mol. The number of nitrogens with one attached hydrogen (secondary N) is 1. The van der Waals surface area contributed by atoms with Crippen LogP contribution < -0.4 is 15.0 Å². The first-order valence-electron chi connectivity index (χ1n) is 11.3. The molecule has 7 nitrogen and oxygen atoms in total. The molecule has 0 spiro atoms. The van der Waals surface area contributed by atoms with Crippen molar-refractivity contribution >= 4 is 22.6 Å². The van der Waals surface area contributed by atoms with E-state index in [2.05, 4.69) is 33.4 Å². The molecule has 2 fully saturated rings. The largest absolute Gasteiger partial charge is 0.463 e. The first-order chi connectivity index (χ1) is 15.1. The number of aryl methyl sites for hydroxylation is 2. The number of fused-ring (bicyclic) bond motifs is 2. The highest BCUT2D eigenvalue weighted by Crippen LogP contribution is 2.41. The number of benzene rings is 1. The molecule has 1 saturated carbocycles. The van der Waals surface area contributed by atoms with Crippen molar-refractivity contribution in [1.29, 1.82) is 0 Å². The lowest BCUT2D eigenvalue weighted by atomic mass is 9.77. The van der Waals surface area contributed by atoms with Crippen molar-refractivity contribution in [3.8, 4) is 5.88 Å². The molecule has 1 saturated heterocycles. The van der Waals surface area contributed by atoms with Gasteiger partial charge in [-0.25, -0.2) is 0 Å². The van der Waals surface area contributed by atoms with Gasteiger partial charge < -0.3 is 20.1 Å². The van der Waals surface area contributed by atoms with Crippen molar-refractivity contribution in [2.24, 2.45) is 0 Å². The molecule has 3 heterocycles. The van der Waals surface area contributed by atoms with Crippen LogP contribution in [0.3, 0.4) is 0 Å². The molecule has 1 atom stereocenters. The quantitative estimate of drug-likeness (QED) is 0.739. The van der Waals surface area contributed by atoms with Crippen molar-refractivity contribution in [2.75, 3.05) is 35.9 Å². The van der Waals surface area contributed by atoms with Crippen LogP contribution in [0.15, 0.2) is 23.1 Å². The monoisotopic (exact) mass is 440 g/mol. The number of hydrogen-bond donors (Lipinski definition) is 2. The Kier molecular flexibility index (Phi) is 4.68. The van der Waals surface area contributed by atoms with Crippen LogP contribution in [0.5, 0.6) is 5.88 Å². The fourth-order valence-corrected chi connectivity index (χ4v) is 6.12. The van der Waals surface area contributed by atoms with E-state index in [0.29, 0.717) is 28.5 Å². The van der Waals surface area contributed by atoms with Gasteiger partial charge in [0.2, 0.25) is 11.8 Å². The molecule has 0 unspecified atom stereocenters. The molecule has 31 heavy (non-hydrogen) atoms. The number of aliphatic hydroxyl groups excluding tert-OH is 1. The third kappa shape index (κ3) is 3.31. The lowest BCUT2D eigenvalue weighted by molar-refractivity contribution is 0.143. The second kappa shape index (κ2) is 7.45. The zero-order valence-corrected chi connectivity index (χ0v) is 18.4. The summed E-state index contributed by atoms with van der Waals surface area (Å²) in [5, 5.41) is 13.3. The van der Waals surface area contributed by atoms with Gasteiger partial charge in [-0.2, -0.15) is 9.97 Å². The van der Waals surface area contributed by atoms with Gasteiger partial charge in [0.15, 0.2) is 11.8 Å². The van der Waals surface area contributed by atoms with Crippen LogP contribution in [0.25, 0.3) is 0 Å². The number of ether oxygens (including phenoxy) is 1. The van der Waals surface area contributed by atoms with Crippen LogP contribution in [-0.2, 0) is 23.6 Å². The first kappa shape index (κ1) is 19.5. The summed E-state index contributed by atoms with van der Waals surface area (Å²) in [6.45, 7) is 1.81. The Hall–Kier alpha value is -2.19. The second-order valence-electron chi connectivity index (χ2n) is 9.32. The number of piperidine rings is 1. The topological polar surface area (TPSA) is 87.6 Å². The van der Waals surface area contributed by atoms with E-state index in [1.165, 1.54) is 29.5 Å². The van der Waals surface area contributed by atoms with Crippen LogP contribution >= 0.6 is 0 Å². The molecule has 0 bridgehead atoms. The number of anilines is 2. The lowest BCUT2D eigenvalue weighted by Crippen LogP contribution is -2.48. The van der Waals surface area contributed by atoms with Gasteiger partial charge in [0, 0.05) is 13.1 Å². The summed E-state index contributed by atoms with van der Waals surface area (Å²) in [5.74, 6) is 2.31. The summed E-state index contributed by atoms with van der Waals surface area (Å²) < 4.78 is 18.1. The predicted molar refractivity (Wildman–Crippen MR) is 119 cm³/mol. The number of aliphatic hydroxyl groups is 1. The maximum Gasteiger partial charge on any atom is 0.238 e. The summed E-state index contributed by atoms with van der Waals surface area (Å²) in [5.41, 5.74) is 4.13. The van der Waals surface area contributed by atoms with E-state index in [1.54, 1.807) is 0 Å². The third-order valence-electron chi connectivity index (χ3n) is 7.49. The van der Waals surface area contributed by atoms with E-state index in [1.807, 2.05) is 0 Å². The van der Waals surface area contributed by atoms with Gasteiger partial charge in [-0.05, 0) is 67.6 Å². The Labute approximate surface area is 184 Å². The molecule has 1 aromatic carbocycles. The van der Waals surface area contributed by atoms with Crippen LogP contribution in [0, 0.1) is 0 Å². The van der Waals surface area contributed by atoms with Crippen LogP contribution in [0.2, 0.25) is 0 Å². The summed E-state index contributed by atoms with van der Waals surface area (Å²) >= 11 is 0. The number of aromatic nitrogens is 2. The lowest BCUT2D eigenvalue weighted by Gasteiger charge is -2.41. The van der Waals surface area contributed by atoms with Gasteiger partial charge in [0.25, 0.3) is 0 Å². The fraction of sp³-hybridized carbons (Fsp3) is 0.565. The Bertz CT molecular complexity index is 1040. The number of nitrogens with zero attached hydrogens (tertiary/aromatic N) is 3. The minimum atomic E-state index is -1.28. The Morgan fingerprint density at radius 2 is 2.00 bits per heavy atom. The van der Waals surface area contributed by atoms with Crippen LogP contribution in [0.1, 0.15) is 54.7 Å². The maximum atomic E-state index is 12.5. The fourth-order valence-electron chi connectivity index (χ4n) is 5.18. The van der Waals surface area contributed by atoms with E-state index >= 15 is 0 Å². The highest BCUT2D eigenvalue weighted by atomic mass is 32.2. The summed E-state index contributed by atoms with van der Waals surface area (Å²) in [6, 6.07) is 7.02. The van der Waals surface area contributed by atoms with Crippen molar-refractivity contribution in [2.45, 2.75) is 61.3 Å². The summed E-state index contributed by atoms with van der Waals surface area (Å²) in [7, 11) is -1.28. The Morgan fingerprint density at radius 1 is 1.19 bits per heavy atom. The van der Waals surface area contributed by atoms with Gasteiger partial charge in [0.05, 0.1) is 12.1 Å². The van der Waals surface area contributed by atoms with E-state index < -0.39 is 10.8 Å². The summed E-state index contributed by atoms with van der Waals surface area (Å²) in [6.07, 6.45) is 7.42. The molecule has 4 aliphatic rings. The van der Waals surface area contributed by atoms with E-state index in [0.717, 1.165) is 45.2 Å². The highest BCUT2D eigenvalue weighted by molar-refractivity contribution is 7.85. The van der Waals surface area contributed by atoms with Gasteiger partial charge in [0.1, 0.15) is 15.7 Å². The van der Waals surface area contributed by atoms with Crippen molar-refractivity contribution < 1.29 is 14.1 Å². The average molecular weight is 441 g/mol. The summed E-state index contributed by atoms with van der Waals surface area (Å²) in [4.78, 5) is 12.2. The third-order valence-corrected chi connectivity index (χ3v) is 8.65. The Morgan fingerprint density at radius 3 is 2.65 bits per heavy atom. The van der Waals surface area contributed by atoms with Crippen molar-refractivity contribution in [1.82, 2.24) is 9.97 Å². The van der Waals surface area contributed by atoms with Gasteiger partial charge in [-0.15, -0.1) is 0 Å². The maximum absolute atomic E-state index is 12.5. The first-order valence-corrected chi connectivity index (χ1v) is 12.6. The molecule has 1 aromatic heterocycles. The molecule has 2 aliphatic heterocycles. The minimum Gasteiger partial charge on any atom is -0.463 e. The van der Waals surface area contributed by atoms with Crippen molar-refractivity contribution in [3.05, 3.63) is 34.9 Å². The molecule has 0 radical (unpaired) electrons. The second-order valence-corrected chi connectivity index (χ2v) is 10.7. The molecule has 8 heteroatoms. The van der Waals surface area contributed by atoms with Gasteiger partial charge in [-0.1, -0.05) is 18.2 Å². The molecule has 2 aromatic rings. The molecule has 6 rings (SSSR count). The minimum absolute atomic E-state index is 0.0424. The molecule has 2 aliphatic carbocycles.